The van der Waals surface area contributed by atoms with Gasteiger partial charge in [0.2, 0.25) is 0 Å². The molecule has 0 aliphatic heterocycles. The summed E-state index contributed by atoms with van der Waals surface area (Å²) in [5.74, 6) is -1.59. The van der Waals surface area contributed by atoms with Gasteiger partial charge in [-0.25, -0.2) is 4.79 Å². The summed E-state index contributed by atoms with van der Waals surface area (Å²) >= 11 is 0. The predicted molar refractivity (Wildman–Crippen MR) is 94.2 cm³/mol. The van der Waals surface area contributed by atoms with Crippen molar-refractivity contribution >= 4 is 23.2 Å². The van der Waals surface area contributed by atoms with Gasteiger partial charge in [-0.2, -0.15) is 0 Å². The van der Waals surface area contributed by atoms with Gasteiger partial charge in [0, 0.05) is 23.0 Å². The van der Waals surface area contributed by atoms with E-state index >= 15 is 0 Å². The number of fused-ring (bicyclic) bond motifs is 1. The Morgan fingerprint density at radius 2 is 1.72 bits per heavy atom. The van der Waals surface area contributed by atoms with Gasteiger partial charge in [-0.1, -0.05) is 25.5 Å². The lowest BCUT2D eigenvalue weighted by Gasteiger charge is -2.02. The van der Waals surface area contributed by atoms with E-state index in [1.807, 2.05) is 6.07 Å². The first-order valence-electron chi connectivity index (χ1n) is 8.03. The van der Waals surface area contributed by atoms with E-state index in [1.165, 1.54) is 18.3 Å². The summed E-state index contributed by atoms with van der Waals surface area (Å²) in [4.78, 5) is 35.8. The number of carboxylic acid groups (broad SMARTS) is 1. The molecule has 0 amide bonds. The molecule has 5 heteroatoms. The minimum absolute atomic E-state index is 0.0889. The van der Waals surface area contributed by atoms with Crippen molar-refractivity contribution in [2.45, 2.75) is 19.8 Å². The molecule has 3 rings (SSSR count). The normalized spacial score (nSPS) is 14.7. The van der Waals surface area contributed by atoms with Crippen LogP contribution in [0.2, 0.25) is 0 Å². The van der Waals surface area contributed by atoms with E-state index in [9.17, 15) is 14.4 Å². The summed E-state index contributed by atoms with van der Waals surface area (Å²) < 4.78 is 0. The van der Waals surface area contributed by atoms with Gasteiger partial charge < -0.3 is 10.4 Å². The van der Waals surface area contributed by atoms with Gasteiger partial charge in [0.15, 0.2) is 11.6 Å². The van der Waals surface area contributed by atoms with E-state index in [0.717, 1.165) is 18.4 Å². The fourth-order valence-electron chi connectivity index (χ4n) is 2.81. The van der Waals surface area contributed by atoms with Crippen molar-refractivity contribution in [1.82, 2.24) is 0 Å². The monoisotopic (exact) mass is 335 g/mol. The molecule has 0 fully saturated rings. The Bertz CT molecular complexity index is 894. The van der Waals surface area contributed by atoms with E-state index in [-0.39, 0.29) is 22.7 Å². The molecule has 0 bridgehead atoms. The molecular weight excluding hydrogens is 318 g/mol. The zero-order valence-corrected chi connectivity index (χ0v) is 13.7. The number of benzene rings is 2. The molecule has 0 heterocycles. The van der Waals surface area contributed by atoms with Gasteiger partial charge in [0.1, 0.15) is 0 Å². The molecular formula is C20H17NO4. The third-order valence-electron chi connectivity index (χ3n) is 4.12. The Morgan fingerprint density at radius 3 is 2.36 bits per heavy atom. The van der Waals surface area contributed by atoms with E-state index < -0.39 is 5.97 Å². The molecule has 2 aromatic carbocycles. The number of ketones is 2. The number of aryl methyl sites for hydroxylation is 1. The lowest BCUT2D eigenvalue weighted by molar-refractivity contribution is 0.0696. The Hall–Kier alpha value is -3.21. The predicted octanol–water partition coefficient (Wildman–Crippen LogP) is 3.71. The quantitative estimate of drug-likeness (QED) is 0.643. The van der Waals surface area contributed by atoms with Crippen LogP contribution in [-0.4, -0.2) is 22.6 Å². The number of hydrogen-bond donors (Lipinski definition) is 2. The highest BCUT2D eigenvalue weighted by Crippen LogP contribution is 2.28. The van der Waals surface area contributed by atoms with Crippen molar-refractivity contribution in [2.75, 3.05) is 5.32 Å². The maximum Gasteiger partial charge on any atom is 0.335 e. The van der Waals surface area contributed by atoms with E-state index in [4.69, 9.17) is 5.11 Å². The van der Waals surface area contributed by atoms with Crippen molar-refractivity contribution < 1.29 is 19.5 Å². The summed E-state index contributed by atoms with van der Waals surface area (Å²) in [7, 11) is 0. The Kier molecular flexibility index (Phi) is 4.48. The standard InChI is InChI=1S/C20H17NO4/c1-2-3-12-4-9-15-16(10-12)19(23)17(18(15)22)11-21-14-7-5-13(6-8-14)20(24)25/h4-11,21H,2-3H2,1H3,(H,24,25)/b17-11-. The zero-order chi connectivity index (χ0) is 18.0. The van der Waals surface area contributed by atoms with Crippen LogP contribution in [0.3, 0.4) is 0 Å². The Morgan fingerprint density at radius 1 is 1.04 bits per heavy atom. The van der Waals surface area contributed by atoms with Crippen molar-refractivity contribution in [2.24, 2.45) is 0 Å². The van der Waals surface area contributed by atoms with E-state index in [0.29, 0.717) is 16.8 Å². The van der Waals surface area contributed by atoms with Crippen LogP contribution in [0.25, 0.3) is 0 Å². The second-order valence-corrected chi connectivity index (χ2v) is 5.87. The summed E-state index contributed by atoms with van der Waals surface area (Å²) in [5, 5.41) is 11.8. The second kappa shape index (κ2) is 6.73. The summed E-state index contributed by atoms with van der Waals surface area (Å²) in [5.41, 5.74) is 2.78. The largest absolute Gasteiger partial charge is 0.478 e. The lowest BCUT2D eigenvalue weighted by Crippen LogP contribution is -2.04. The van der Waals surface area contributed by atoms with Crippen LogP contribution in [0.4, 0.5) is 5.69 Å². The highest BCUT2D eigenvalue weighted by molar-refractivity contribution is 6.39. The Labute approximate surface area is 145 Å². The molecule has 0 atom stereocenters. The number of carboxylic acids is 1. The number of carbonyl (C=O) groups is 3. The molecule has 2 aromatic rings. The average Bonchev–Trinajstić information content (AvgIpc) is 2.84. The highest BCUT2D eigenvalue weighted by atomic mass is 16.4. The van der Waals surface area contributed by atoms with Gasteiger partial charge in [0.05, 0.1) is 11.1 Å². The minimum Gasteiger partial charge on any atom is -0.478 e. The lowest BCUT2D eigenvalue weighted by atomic mass is 10.0. The number of rotatable bonds is 5. The summed E-state index contributed by atoms with van der Waals surface area (Å²) in [6.07, 6.45) is 3.22. The van der Waals surface area contributed by atoms with Gasteiger partial charge in [-0.3, -0.25) is 9.59 Å². The number of allylic oxidation sites excluding steroid dienone is 1. The third-order valence-corrected chi connectivity index (χ3v) is 4.12. The smallest absolute Gasteiger partial charge is 0.335 e. The first-order valence-corrected chi connectivity index (χ1v) is 8.03. The first-order chi connectivity index (χ1) is 12.0. The molecule has 25 heavy (non-hydrogen) atoms. The fourth-order valence-corrected chi connectivity index (χ4v) is 2.81. The number of aromatic carboxylic acids is 1. The highest BCUT2D eigenvalue weighted by Gasteiger charge is 2.33. The number of nitrogens with one attached hydrogen (secondary N) is 1. The number of hydrogen-bond acceptors (Lipinski definition) is 4. The number of anilines is 1. The SMILES string of the molecule is CCCc1ccc2c(c1)C(=O)/C(=C\Nc1ccc(C(=O)O)cc1)C2=O. The first kappa shape index (κ1) is 16.6. The molecule has 2 N–H and O–H groups in total. The van der Waals surface area contributed by atoms with E-state index in [2.05, 4.69) is 12.2 Å². The fraction of sp³-hybridized carbons (Fsp3) is 0.150. The van der Waals surface area contributed by atoms with Crippen molar-refractivity contribution in [3.8, 4) is 0 Å². The Balaban J connectivity index is 1.83. The molecule has 0 unspecified atom stereocenters. The maximum absolute atomic E-state index is 12.5. The molecule has 5 nitrogen and oxygen atoms in total. The maximum atomic E-state index is 12.5. The minimum atomic E-state index is -1.01. The molecule has 0 saturated carbocycles. The van der Waals surface area contributed by atoms with E-state index in [1.54, 1.807) is 24.3 Å². The molecule has 0 saturated heterocycles. The molecule has 0 aromatic heterocycles. The number of carbonyl (C=O) groups excluding carboxylic acids is 2. The second-order valence-electron chi connectivity index (χ2n) is 5.87. The average molecular weight is 335 g/mol. The molecule has 1 aliphatic rings. The third kappa shape index (κ3) is 3.21. The van der Waals surface area contributed by atoms with Crippen LogP contribution in [0.1, 0.15) is 50.0 Å². The van der Waals surface area contributed by atoms with Crippen LogP contribution in [0.15, 0.2) is 54.2 Å². The van der Waals surface area contributed by atoms with Crippen LogP contribution in [-0.2, 0) is 6.42 Å². The molecule has 1 aliphatic carbocycles. The van der Waals surface area contributed by atoms with Gasteiger partial charge in [-0.15, -0.1) is 0 Å². The molecule has 0 radical (unpaired) electrons. The summed E-state index contributed by atoms with van der Waals surface area (Å²) in [6, 6.07) is 11.5. The van der Waals surface area contributed by atoms with Crippen LogP contribution in [0.5, 0.6) is 0 Å². The number of Topliss-reactive ketones (excluding diaryl/α,β-unsaturated/α-hetero) is 2. The van der Waals surface area contributed by atoms with Crippen molar-refractivity contribution in [3.63, 3.8) is 0 Å². The van der Waals surface area contributed by atoms with Crippen molar-refractivity contribution in [1.29, 1.82) is 0 Å². The summed E-state index contributed by atoms with van der Waals surface area (Å²) in [6.45, 7) is 2.06. The topological polar surface area (TPSA) is 83.5 Å². The van der Waals surface area contributed by atoms with Gasteiger partial charge >= 0.3 is 5.97 Å². The van der Waals surface area contributed by atoms with Crippen molar-refractivity contribution in [3.05, 3.63) is 76.5 Å². The molecule has 0 spiro atoms. The molecule has 126 valence electrons. The zero-order valence-electron chi connectivity index (χ0n) is 13.7. The van der Waals surface area contributed by atoms with Gasteiger partial charge in [-0.05, 0) is 42.3 Å². The van der Waals surface area contributed by atoms with Crippen LogP contribution < -0.4 is 5.32 Å². The van der Waals surface area contributed by atoms with Crippen LogP contribution >= 0.6 is 0 Å². The van der Waals surface area contributed by atoms with Gasteiger partial charge in [0.25, 0.3) is 0 Å². The van der Waals surface area contributed by atoms with Crippen LogP contribution in [0, 0.1) is 0 Å².